The zero-order valence-corrected chi connectivity index (χ0v) is 10.2. The summed E-state index contributed by atoms with van der Waals surface area (Å²) in [6.45, 7) is 1.97. The number of nitrogens with zero attached hydrogens (tertiary/aromatic N) is 3. The minimum atomic E-state index is -0.837. The maximum Gasteiger partial charge on any atom is 0.303 e. The third-order valence-corrected chi connectivity index (χ3v) is 3.05. The maximum atomic E-state index is 10.4. The van der Waals surface area contributed by atoms with Crippen LogP contribution in [0.3, 0.4) is 0 Å². The Bertz CT molecular complexity index is 511. The molecule has 1 N–H and O–H groups in total. The lowest BCUT2D eigenvalue weighted by molar-refractivity contribution is -0.137. The first-order chi connectivity index (χ1) is 7.56. The molecule has 0 saturated heterocycles. The maximum absolute atomic E-state index is 10.4. The quantitative estimate of drug-likeness (QED) is 0.933. The van der Waals surface area contributed by atoms with Crippen molar-refractivity contribution >= 4 is 27.5 Å². The van der Waals surface area contributed by atoms with E-state index in [-0.39, 0.29) is 6.42 Å². The molecule has 0 spiro atoms. The topological polar surface area (TPSA) is 67.5 Å². The largest absolute Gasteiger partial charge is 0.481 e. The predicted molar refractivity (Wildman–Crippen MR) is 61.4 cm³/mol. The fourth-order valence-electron chi connectivity index (χ4n) is 1.37. The zero-order valence-electron chi connectivity index (χ0n) is 8.64. The van der Waals surface area contributed by atoms with Gasteiger partial charge in [-0.2, -0.15) is 5.10 Å². The summed E-state index contributed by atoms with van der Waals surface area (Å²) in [6.07, 6.45) is 2.23. The van der Waals surface area contributed by atoms with Gasteiger partial charge in [0.15, 0.2) is 11.5 Å². The average Bonchev–Trinajstić information content (AvgIpc) is 2.58. The summed E-state index contributed by atoms with van der Waals surface area (Å²) in [5, 5.41) is 12.8. The molecule has 0 aliphatic carbocycles. The molecule has 6 heteroatoms. The fourth-order valence-corrected chi connectivity index (χ4v) is 1.68. The molecule has 2 aromatic heterocycles. The lowest BCUT2D eigenvalue weighted by atomic mass is 10.3. The number of fused-ring (bicyclic) bond motifs is 1. The summed E-state index contributed by atoms with van der Waals surface area (Å²) in [5.74, 6) is -0.281. The van der Waals surface area contributed by atoms with Gasteiger partial charge in [-0.25, -0.2) is 9.50 Å². The molecule has 0 aliphatic heterocycles. The smallest absolute Gasteiger partial charge is 0.303 e. The first kappa shape index (κ1) is 11.1. The second-order valence-electron chi connectivity index (χ2n) is 3.53. The van der Waals surface area contributed by atoms with Crippen molar-refractivity contribution in [2.45, 2.75) is 19.8 Å². The van der Waals surface area contributed by atoms with E-state index in [0.717, 1.165) is 15.7 Å². The molecule has 0 radical (unpaired) electrons. The number of aliphatic carboxylic acids is 1. The SMILES string of the molecule is Cc1cc2nc(CCC(=O)O)nn2cc1Br. The summed E-state index contributed by atoms with van der Waals surface area (Å²) in [4.78, 5) is 14.7. The highest BCUT2D eigenvalue weighted by Gasteiger charge is 2.07. The number of hydrogen-bond acceptors (Lipinski definition) is 3. The van der Waals surface area contributed by atoms with E-state index in [9.17, 15) is 4.79 Å². The Hall–Kier alpha value is -1.43. The minimum absolute atomic E-state index is 0.0526. The highest BCUT2D eigenvalue weighted by molar-refractivity contribution is 9.10. The van der Waals surface area contributed by atoms with Crippen LogP contribution < -0.4 is 0 Å². The number of pyridine rings is 1. The van der Waals surface area contributed by atoms with E-state index in [2.05, 4.69) is 26.0 Å². The number of hydrogen-bond donors (Lipinski definition) is 1. The molecule has 0 atom stereocenters. The van der Waals surface area contributed by atoms with Crippen molar-refractivity contribution in [1.82, 2.24) is 14.6 Å². The van der Waals surface area contributed by atoms with E-state index in [4.69, 9.17) is 5.11 Å². The fraction of sp³-hybridized carbons (Fsp3) is 0.300. The Kier molecular flexibility index (Phi) is 2.91. The number of aryl methyl sites for hydroxylation is 2. The third-order valence-electron chi connectivity index (χ3n) is 2.22. The van der Waals surface area contributed by atoms with Gasteiger partial charge in [0.1, 0.15) is 0 Å². The molecule has 0 amide bonds. The molecular weight excluding hydrogens is 274 g/mol. The molecule has 0 unspecified atom stereocenters. The van der Waals surface area contributed by atoms with Crippen LogP contribution in [0, 0.1) is 6.92 Å². The minimum Gasteiger partial charge on any atom is -0.481 e. The van der Waals surface area contributed by atoms with Crippen molar-refractivity contribution < 1.29 is 9.90 Å². The number of carbonyl (C=O) groups is 1. The molecule has 2 rings (SSSR count). The van der Waals surface area contributed by atoms with E-state index < -0.39 is 5.97 Å². The van der Waals surface area contributed by atoms with Gasteiger partial charge in [-0.1, -0.05) is 0 Å². The van der Waals surface area contributed by atoms with E-state index >= 15 is 0 Å². The van der Waals surface area contributed by atoms with Crippen molar-refractivity contribution in [2.24, 2.45) is 0 Å². The third kappa shape index (κ3) is 2.21. The molecule has 0 aliphatic rings. The summed E-state index contributed by atoms with van der Waals surface area (Å²) in [7, 11) is 0. The van der Waals surface area contributed by atoms with Gasteiger partial charge in [0.25, 0.3) is 0 Å². The van der Waals surface area contributed by atoms with Crippen LogP contribution in [0.1, 0.15) is 17.8 Å². The van der Waals surface area contributed by atoms with Gasteiger partial charge < -0.3 is 5.11 Å². The average molecular weight is 284 g/mol. The van der Waals surface area contributed by atoms with Gasteiger partial charge >= 0.3 is 5.97 Å². The lowest BCUT2D eigenvalue weighted by Gasteiger charge is -1.96. The van der Waals surface area contributed by atoms with E-state index in [1.807, 2.05) is 19.2 Å². The van der Waals surface area contributed by atoms with Crippen molar-refractivity contribution in [2.75, 3.05) is 0 Å². The van der Waals surface area contributed by atoms with E-state index in [1.54, 1.807) is 4.52 Å². The second kappa shape index (κ2) is 4.21. The number of rotatable bonds is 3. The number of halogens is 1. The van der Waals surface area contributed by atoms with Gasteiger partial charge in [-0.05, 0) is 34.5 Å². The highest BCUT2D eigenvalue weighted by atomic mass is 79.9. The monoisotopic (exact) mass is 283 g/mol. The number of carboxylic acids is 1. The Morgan fingerprint density at radius 2 is 2.38 bits per heavy atom. The van der Waals surface area contributed by atoms with Crippen LogP contribution in [0.2, 0.25) is 0 Å². The van der Waals surface area contributed by atoms with Crippen LogP contribution >= 0.6 is 15.9 Å². The van der Waals surface area contributed by atoms with Gasteiger partial charge in [-0.15, -0.1) is 0 Å². The summed E-state index contributed by atoms with van der Waals surface area (Å²) >= 11 is 3.41. The Balaban J connectivity index is 2.33. The molecule has 0 saturated carbocycles. The van der Waals surface area contributed by atoms with Crippen molar-refractivity contribution in [3.63, 3.8) is 0 Å². The Labute approximate surface area is 100 Å². The van der Waals surface area contributed by atoms with Gasteiger partial charge in [0.05, 0.1) is 6.42 Å². The first-order valence-corrected chi connectivity index (χ1v) is 5.59. The standard InChI is InChI=1S/C10H10BrN3O2/c1-6-4-9-12-8(2-3-10(15)16)13-14(9)5-7(6)11/h4-5H,2-3H2,1H3,(H,15,16). The zero-order chi connectivity index (χ0) is 11.7. The molecular formula is C10H10BrN3O2. The van der Waals surface area contributed by atoms with Crippen molar-refractivity contribution in [1.29, 1.82) is 0 Å². The molecule has 16 heavy (non-hydrogen) atoms. The van der Waals surface area contributed by atoms with Crippen molar-refractivity contribution in [3.8, 4) is 0 Å². The van der Waals surface area contributed by atoms with Crippen LogP contribution in [-0.2, 0) is 11.2 Å². The number of aromatic nitrogens is 3. The first-order valence-electron chi connectivity index (χ1n) is 4.79. The molecule has 0 fully saturated rings. The summed E-state index contributed by atoms with van der Waals surface area (Å²) < 4.78 is 2.60. The summed E-state index contributed by atoms with van der Waals surface area (Å²) in [5.41, 5.74) is 1.81. The second-order valence-corrected chi connectivity index (χ2v) is 4.38. The molecule has 0 aromatic carbocycles. The van der Waals surface area contributed by atoms with E-state index in [1.165, 1.54) is 0 Å². The summed E-state index contributed by atoms with van der Waals surface area (Å²) in [6, 6.07) is 1.90. The van der Waals surface area contributed by atoms with Crippen molar-refractivity contribution in [3.05, 3.63) is 28.1 Å². The Morgan fingerprint density at radius 3 is 3.06 bits per heavy atom. The normalized spacial score (nSPS) is 10.9. The van der Waals surface area contributed by atoms with Gasteiger partial charge in [0.2, 0.25) is 0 Å². The van der Waals surface area contributed by atoms with Crippen LogP contribution in [-0.4, -0.2) is 25.7 Å². The van der Waals surface area contributed by atoms with Gasteiger partial charge in [0, 0.05) is 17.1 Å². The molecule has 2 heterocycles. The van der Waals surface area contributed by atoms with Crippen LogP contribution in [0.25, 0.3) is 5.65 Å². The molecule has 5 nitrogen and oxygen atoms in total. The molecule has 84 valence electrons. The Morgan fingerprint density at radius 1 is 1.62 bits per heavy atom. The predicted octanol–water partition coefficient (Wildman–Crippen LogP) is 1.82. The van der Waals surface area contributed by atoms with Crippen LogP contribution in [0.15, 0.2) is 16.7 Å². The molecule has 2 aromatic rings. The molecule has 0 bridgehead atoms. The lowest BCUT2D eigenvalue weighted by Crippen LogP contribution is -1.99. The highest BCUT2D eigenvalue weighted by Crippen LogP contribution is 2.17. The van der Waals surface area contributed by atoms with Crippen LogP contribution in [0.4, 0.5) is 0 Å². The van der Waals surface area contributed by atoms with Gasteiger partial charge in [-0.3, -0.25) is 4.79 Å². The number of carboxylic acid groups (broad SMARTS) is 1. The van der Waals surface area contributed by atoms with Crippen LogP contribution in [0.5, 0.6) is 0 Å². The van der Waals surface area contributed by atoms with E-state index in [0.29, 0.717) is 12.2 Å².